The number of hydrogen-bond donors (Lipinski definition) is 2. The van der Waals surface area contributed by atoms with Gasteiger partial charge in [-0.1, -0.05) is 6.42 Å². The monoisotopic (exact) mass is 325 g/mol. The van der Waals surface area contributed by atoms with Crippen LogP contribution in [0.2, 0.25) is 0 Å². The molecule has 2 aliphatic heterocycles. The summed E-state index contributed by atoms with van der Waals surface area (Å²) in [5.41, 5.74) is 0. The largest absolute Gasteiger partial charge is 0.355 e. The third-order valence-corrected chi connectivity index (χ3v) is 4.08. The highest BCUT2D eigenvalue weighted by molar-refractivity contribution is 5.85. The van der Waals surface area contributed by atoms with E-state index in [4.69, 9.17) is 0 Å². The third-order valence-electron chi connectivity index (χ3n) is 4.08. The summed E-state index contributed by atoms with van der Waals surface area (Å²) in [4.78, 5) is 14.1. The Balaban J connectivity index is 0.00000180. The molecule has 2 heterocycles. The first-order chi connectivity index (χ1) is 8.84. The molecule has 4 nitrogen and oxygen atoms in total. The van der Waals surface area contributed by atoms with Gasteiger partial charge in [0.2, 0.25) is 5.91 Å². The summed E-state index contributed by atoms with van der Waals surface area (Å²) in [6.45, 7) is 5.38. The molecule has 0 aliphatic carbocycles. The van der Waals surface area contributed by atoms with E-state index in [1.807, 2.05) is 0 Å². The van der Waals surface area contributed by atoms with E-state index in [1.165, 1.54) is 45.2 Å². The van der Waals surface area contributed by atoms with Crippen LogP contribution in [0.1, 0.15) is 44.9 Å². The molecule has 0 aromatic rings. The molecule has 0 aromatic heterocycles. The fourth-order valence-electron chi connectivity index (χ4n) is 2.93. The van der Waals surface area contributed by atoms with Crippen LogP contribution < -0.4 is 10.6 Å². The number of hydrogen-bond acceptors (Lipinski definition) is 3. The Labute approximate surface area is 135 Å². The Hall–Kier alpha value is -0.0300. The summed E-state index contributed by atoms with van der Waals surface area (Å²) in [6, 6.07) is 0.581. The molecule has 1 unspecified atom stereocenters. The smallest absolute Gasteiger partial charge is 0.220 e. The van der Waals surface area contributed by atoms with Gasteiger partial charge in [0.05, 0.1) is 0 Å². The van der Waals surface area contributed by atoms with Crippen LogP contribution in [0.4, 0.5) is 0 Å². The molecule has 2 saturated heterocycles. The summed E-state index contributed by atoms with van der Waals surface area (Å²) in [5.74, 6) is 0.223. The molecule has 20 heavy (non-hydrogen) atoms. The van der Waals surface area contributed by atoms with Crippen molar-refractivity contribution in [1.82, 2.24) is 15.5 Å². The van der Waals surface area contributed by atoms with Crippen molar-refractivity contribution in [3.63, 3.8) is 0 Å². The number of carbonyl (C=O) groups is 1. The summed E-state index contributed by atoms with van der Waals surface area (Å²) < 4.78 is 0. The number of nitrogens with one attached hydrogen (secondary N) is 2. The minimum Gasteiger partial charge on any atom is -0.355 e. The molecule has 2 fully saturated rings. The quantitative estimate of drug-likeness (QED) is 0.784. The third kappa shape index (κ3) is 7.67. The standard InChI is InChI=1S/C14H27N3O.2ClH/c18-14(7-6-13-5-4-8-15-13)16-9-12-17-10-2-1-3-11-17;;/h13,15H,1-12H2,(H,16,18);2*1H. The van der Waals surface area contributed by atoms with E-state index in [0.29, 0.717) is 12.5 Å². The first-order valence-electron chi connectivity index (χ1n) is 7.57. The van der Waals surface area contributed by atoms with E-state index in [9.17, 15) is 4.79 Å². The molecular formula is C14H29Cl2N3O. The van der Waals surface area contributed by atoms with Crippen molar-refractivity contribution in [2.24, 2.45) is 0 Å². The molecule has 0 spiro atoms. The van der Waals surface area contributed by atoms with Crippen LogP contribution in [-0.4, -0.2) is 49.6 Å². The van der Waals surface area contributed by atoms with Gasteiger partial charge in [-0.25, -0.2) is 0 Å². The Morgan fingerprint density at radius 1 is 1.15 bits per heavy atom. The molecular weight excluding hydrogens is 297 g/mol. The number of nitrogens with zero attached hydrogens (tertiary/aromatic N) is 1. The van der Waals surface area contributed by atoms with Gasteiger partial charge in [0.25, 0.3) is 0 Å². The zero-order valence-corrected chi connectivity index (χ0v) is 13.9. The van der Waals surface area contributed by atoms with Crippen molar-refractivity contribution in [2.45, 2.75) is 51.0 Å². The Kier molecular flexibility index (Phi) is 11.6. The fraction of sp³-hybridized carbons (Fsp3) is 0.929. The molecule has 2 aliphatic rings. The van der Waals surface area contributed by atoms with Crippen LogP contribution in [0, 0.1) is 0 Å². The minimum absolute atomic E-state index is 0. The molecule has 1 atom stereocenters. The number of rotatable bonds is 6. The topological polar surface area (TPSA) is 44.4 Å². The van der Waals surface area contributed by atoms with Crippen LogP contribution in [0.5, 0.6) is 0 Å². The SMILES string of the molecule is Cl.Cl.O=C(CCC1CCCN1)NCCN1CCCCC1. The molecule has 6 heteroatoms. The molecule has 0 bridgehead atoms. The van der Waals surface area contributed by atoms with E-state index in [-0.39, 0.29) is 30.7 Å². The lowest BCUT2D eigenvalue weighted by atomic mass is 10.1. The first-order valence-corrected chi connectivity index (χ1v) is 7.57. The second-order valence-corrected chi connectivity index (χ2v) is 5.58. The van der Waals surface area contributed by atoms with Gasteiger partial charge in [-0.05, 0) is 51.7 Å². The molecule has 1 amide bonds. The van der Waals surface area contributed by atoms with Gasteiger partial charge in [0.15, 0.2) is 0 Å². The highest BCUT2D eigenvalue weighted by atomic mass is 35.5. The molecule has 0 saturated carbocycles. The molecule has 2 N–H and O–H groups in total. The second kappa shape index (κ2) is 11.6. The number of piperidine rings is 1. The lowest BCUT2D eigenvalue weighted by Crippen LogP contribution is -2.38. The van der Waals surface area contributed by atoms with Crippen LogP contribution in [0.3, 0.4) is 0 Å². The second-order valence-electron chi connectivity index (χ2n) is 5.58. The molecule has 120 valence electrons. The van der Waals surface area contributed by atoms with Gasteiger partial charge >= 0.3 is 0 Å². The van der Waals surface area contributed by atoms with Gasteiger partial charge < -0.3 is 15.5 Å². The van der Waals surface area contributed by atoms with Crippen LogP contribution in [-0.2, 0) is 4.79 Å². The zero-order chi connectivity index (χ0) is 12.6. The molecule has 0 aromatic carbocycles. The maximum absolute atomic E-state index is 11.7. The summed E-state index contributed by atoms with van der Waals surface area (Å²) in [5, 5.41) is 6.48. The van der Waals surface area contributed by atoms with Gasteiger partial charge in [0.1, 0.15) is 0 Å². The zero-order valence-electron chi connectivity index (χ0n) is 12.2. The van der Waals surface area contributed by atoms with Crippen molar-refractivity contribution < 1.29 is 4.79 Å². The average Bonchev–Trinajstić information content (AvgIpc) is 2.91. The van der Waals surface area contributed by atoms with Crippen LogP contribution >= 0.6 is 24.8 Å². The fourth-order valence-corrected chi connectivity index (χ4v) is 2.93. The minimum atomic E-state index is 0. The Bertz CT molecular complexity index is 255. The predicted molar refractivity (Wildman–Crippen MR) is 88.1 cm³/mol. The lowest BCUT2D eigenvalue weighted by Gasteiger charge is -2.26. The van der Waals surface area contributed by atoms with Crippen molar-refractivity contribution in [1.29, 1.82) is 0 Å². The molecule has 0 radical (unpaired) electrons. The van der Waals surface area contributed by atoms with Gasteiger partial charge in [-0.2, -0.15) is 0 Å². The number of carbonyl (C=O) groups excluding carboxylic acids is 1. The van der Waals surface area contributed by atoms with Crippen LogP contribution in [0.15, 0.2) is 0 Å². The lowest BCUT2D eigenvalue weighted by molar-refractivity contribution is -0.121. The number of halogens is 2. The van der Waals surface area contributed by atoms with E-state index in [0.717, 1.165) is 26.1 Å². The summed E-state index contributed by atoms with van der Waals surface area (Å²) in [7, 11) is 0. The van der Waals surface area contributed by atoms with E-state index in [1.54, 1.807) is 0 Å². The predicted octanol–water partition coefficient (Wildman–Crippen LogP) is 1.96. The Morgan fingerprint density at radius 2 is 1.90 bits per heavy atom. The van der Waals surface area contributed by atoms with Gasteiger partial charge in [0, 0.05) is 25.6 Å². The number of amides is 1. The maximum atomic E-state index is 11.7. The molecule has 2 rings (SSSR count). The summed E-state index contributed by atoms with van der Waals surface area (Å²) >= 11 is 0. The summed E-state index contributed by atoms with van der Waals surface area (Å²) in [6.07, 6.45) is 8.19. The van der Waals surface area contributed by atoms with Crippen LogP contribution in [0.25, 0.3) is 0 Å². The maximum Gasteiger partial charge on any atom is 0.220 e. The van der Waals surface area contributed by atoms with Crippen molar-refractivity contribution in [3.05, 3.63) is 0 Å². The highest BCUT2D eigenvalue weighted by Gasteiger charge is 2.15. The average molecular weight is 326 g/mol. The highest BCUT2D eigenvalue weighted by Crippen LogP contribution is 2.10. The first kappa shape index (κ1) is 20.0. The van der Waals surface area contributed by atoms with E-state index in [2.05, 4.69) is 15.5 Å². The number of likely N-dealkylation sites (tertiary alicyclic amines) is 1. The van der Waals surface area contributed by atoms with Gasteiger partial charge in [-0.15, -0.1) is 24.8 Å². The normalized spacial score (nSPS) is 22.7. The van der Waals surface area contributed by atoms with E-state index >= 15 is 0 Å². The van der Waals surface area contributed by atoms with Crippen molar-refractivity contribution in [2.75, 3.05) is 32.7 Å². The van der Waals surface area contributed by atoms with Gasteiger partial charge in [-0.3, -0.25) is 4.79 Å². The Morgan fingerprint density at radius 3 is 2.55 bits per heavy atom. The van der Waals surface area contributed by atoms with Crippen molar-refractivity contribution in [3.8, 4) is 0 Å². The van der Waals surface area contributed by atoms with E-state index < -0.39 is 0 Å². The van der Waals surface area contributed by atoms with Crippen molar-refractivity contribution >= 4 is 30.7 Å².